The molecule has 4 bridgehead atoms. The molecule has 4 aliphatic carbocycles. The monoisotopic (exact) mass is 315 g/mol. The predicted molar refractivity (Wildman–Crippen MR) is 96.0 cm³/mol. The number of hydrogen-bond acceptors (Lipinski definition) is 1. The molecular weight excluding hydrogens is 282 g/mol. The van der Waals surface area contributed by atoms with Gasteiger partial charge in [0.05, 0.1) is 0 Å². The Morgan fingerprint density at radius 1 is 1.00 bits per heavy atom. The maximum atomic E-state index is 12.8. The topological polar surface area (TPSA) is 29.1 Å². The summed E-state index contributed by atoms with van der Waals surface area (Å²) in [6.07, 6.45) is 14.4. The zero-order chi connectivity index (χ0) is 16.4. The van der Waals surface area contributed by atoms with Gasteiger partial charge in [0.1, 0.15) is 0 Å². The molecule has 0 unspecified atom stereocenters. The largest absolute Gasteiger partial charge is 0.352 e. The van der Waals surface area contributed by atoms with Crippen molar-refractivity contribution in [1.82, 2.24) is 5.32 Å². The molecule has 4 saturated carbocycles. The minimum atomic E-state index is -0.00143. The van der Waals surface area contributed by atoms with Gasteiger partial charge in [-0.05, 0) is 89.9 Å². The Kier molecular flexibility index (Phi) is 4.98. The Hall–Kier alpha value is -1.05. The van der Waals surface area contributed by atoms with Crippen molar-refractivity contribution in [2.45, 2.75) is 72.1 Å². The fraction of sp³-hybridized carbons (Fsp3) is 0.762. The highest BCUT2D eigenvalue weighted by atomic mass is 16.2. The molecule has 0 aromatic carbocycles. The van der Waals surface area contributed by atoms with Crippen LogP contribution in [0.4, 0.5) is 0 Å². The molecule has 4 aliphatic rings. The number of amides is 1. The van der Waals surface area contributed by atoms with Gasteiger partial charge in [-0.2, -0.15) is 0 Å². The summed E-state index contributed by atoms with van der Waals surface area (Å²) in [5.41, 5.74) is 2.76. The molecule has 0 aromatic heterocycles. The van der Waals surface area contributed by atoms with Gasteiger partial charge in [-0.15, -0.1) is 0 Å². The highest BCUT2D eigenvalue weighted by molar-refractivity contribution is 5.83. The second kappa shape index (κ2) is 6.83. The third-order valence-electron chi connectivity index (χ3n) is 6.32. The Morgan fingerprint density at radius 2 is 1.57 bits per heavy atom. The fourth-order valence-corrected chi connectivity index (χ4v) is 5.58. The van der Waals surface area contributed by atoms with Gasteiger partial charge in [0, 0.05) is 12.0 Å². The maximum absolute atomic E-state index is 12.8. The van der Waals surface area contributed by atoms with Crippen LogP contribution >= 0.6 is 0 Å². The van der Waals surface area contributed by atoms with Crippen LogP contribution in [0.1, 0.15) is 72.1 Å². The van der Waals surface area contributed by atoms with Gasteiger partial charge in [-0.25, -0.2) is 0 Å². The van der Waals surface area contributed by atoms with Crippen LogP contribution in [0.15, 0.2) is 23.3 Å². The van der Waals surface area contributed by atoms with Crippen molar-refractivity contribution in [3.63, 3.8) is 0 Å². The fourth-order valence-electron chi connectivity index (χ4n) is 5.58. The molecule has 0 aliphatic heterocycles. The standard InChI is InChI=1S/C21H33NO/c1-15(2)5-4-6-16(3)7-8-22-20(23)21-12-17-9-18(13-21)11-19(10-17)14-21/h5,7,17-19H,4,6,8-14H2,1-3H3,(H,22,23)/b16-7-. The van der Waals surface area contributed by atoms with Gasteiger partial charge in [0.2, 0.25) is 5.91 Å². The maximum Gasteiger partial charge on any atom is 0.226 e. The summed E-state index contributed by atoms with van der Waals surface area (Å²) in [6, 6.07) is 0. The van der Waals surface area contributed by atoms with E-state index in [2.05, 4.69) is 38.2 Å². The summed E-state index contributed by atoms with van der Waals surface area (Å²) < 4.78 is 0. The number of rotatable bonds is 6. The Bertz CT molecular complexity index is 475. The number of nitrogens with one attached hydrogen (secondary N) is 1. The minimum absolute atomic E-state index is 0.00143. The van der Waals surface area contributed by atoms with Crippen molar-refractivity contribution >= 4 is 5.91 Å². The van der Waals surface area contributed by atoms with Crippen LogP contribution < -0.4 is 5.32 Å². The van der Waals surface area contributed by atoms with E-state index in [4.69, 9.17) is 0 Å². The van der Waals surface area contributed by atoms with E-state index in [0.717, 1.165) is 49.9 Å². The summed E-state index contributed by atoms with van der Waals surface area (Å²) >= 11 is 0. The minimum Gasteiger partial charge on any atom is -0.352 e. The molecule has 1 amide bonds. The number of allylic oxidation sites excluding steroid dienone is 3. The molecule has 0 saturated heterocycles. The molecule has 4 fully saturated rings. The summed E-state index contributed by atoms with van der Waals surface area (Å²) in [6.45, 7) is 7.17. The van der Waals surface area contributed by atoms with Crippen LogP contribution in [0.2, 0.25) is 0 Å². The zero-order valence-corrected chi connectivity index (χ0v) is 15.2. The van der Waals surface area contributed by atoms with Crippen molar-refractivity contribution in [3.05, 3.63) is 23.3 Å². The molecule has 0 aromatic rings. The molecule has 23 heavy (non-hydrogen) atoms. The number of carbonyl (C=O) groups is 1. The number of hydrogen-bond donors (Lipinski definition) is 1. The molecule has 128 valence electrons. The lowest BCUT2D eigenvalue weighted by Crippen LogP contribution is -2.53. The molecule has 2 heteroatoms. The lowest BCUT2D eigenvalue weighted by molar-refractivity contribution is -0.146. The SMILES string of the molecule is CC(C)=CCC/C(C)=C\CNC(=O)C12CC3CC(CC(C3)C1)C2. The molecule has 2 nitrogen and oxygen atoms in total. The molecule has 0 heterocycles. The van der Waals surface area contributed by atoms with Crippen molar-refractivity contribution in [2.75, 3.05) is 6.54 Å². The first-order chi connectivity index (χ1) is 11.0. The molecule has 0 spiro atoms. The van der Waals surface area contributed by atoms with Crippen molar-refractivity contribution in [1.29, 1.82) is 0 Å². The van der Waals surface area contributed by atoms with Crippen LogP contribution in [0, 0.1) is 23.2 Å². The summed E-state index contributed by atoms with van der Waals surface area (Å²) in [7, 11) is 0. The normalized spacial score (nSPS) is 35.3. The number of carbonyl (C=O) groups excluding carboxylic acids is 1. The summed E-state index contributed by atoms with van der Waals surface area (Å²) in [4.78, 5) is 12.8. The van der Waals surface area contributed by atoms with E-state index in [9.17, 15) is 4.79 Å². The van der Waals surface area contributed by atoms with Gasteiger partial charge in [0.15, 0.2) is 0 Å². The summed E-state index contributed by atoms with van der Waals surface area (Å²) in [5, 5.41) is 3.24. The Morgan fingerprint density at radius 3 is 2.09 bits per heavy atom. The molecule has 1 N–H and O–H groups in total. The van der Waals surface area contributed by atoms with Crippen LogP contribution in [0.5, 0.6) is 0 Å². The van der Waals surface area contributed by atoms with E-state index >= 15 is 0 Å². The van der Waals surface area contributed by atoms with Crippen LogP contribution in [0.3, 0.4) is 0 Å². The molecule has 0 atom stereocenters. The van der Waals surface area contributed by atoms with Crippen molar-refractivity contribution in [3.8, 4) is 0 Å². The third-order valence-corrected chi connectivity index (χ3v) is 6.32. The van der Waals surface area contributed by atoms with E-state index in [-0.39, 0.29) is 5.41 Å². The average Bonchev–Trinajstić information content (AvgIpc) is 2.45. The first kappa shape index (κ1) is 16.8. The van der Waals surface area contributed by atoms with Gasteiger partial charge < -0.3 is 5.32 Å². The third kappa shape index (κ3) is 3.89. The van der Waals surface area contributed by atoms with E-state index in [1.165, 1.54) is 30.4 Å². The second-order valence-electron chi connectivity index (χ2n) is 8.78. The van der Waals surface area contributed by atoms with Crippen LogP contribution in [-0.2, 0) is 4.79 Å². The quantitative estimate of drug-likeness (QED) is 0.686. The van der Waals surface area contributed by atoms with Crippen molar-refractivity contribution < 1.29 is 4.79 Å². The average molecular weight is 316 g/mol. The van der Waals surface area contributed by atoms with E-state index < -0.39 is 0 Å². The molecular formula is C21H33NO. The first-order valence-electron chi connectivity index (χ1n) is 9.54. The van der Waals surface area contributed by atoms with Crippen LogP contribution in [-0.4, -0.2) is 12.5 Å². The molecule has 0 radical (unpaired) electrons. The van der Waals surface area contributed by atoms with Gasteiger partial charge in [-0.1, -0.05) is 23.3 Å². The van der Waals surface area contributed by atoms with E-state index in [1.54, 1.807) is 0 Å². The zero-order valence-electron chi connectivity index (χ0n) is 15.2. The lowest BCUT2D eigenvalue weighted by Gasteiger charge is -2.55. The van der Waals surface area contributed by atoms with E-state index in [0.29, 0.717) is 12.5 Å². The van der Waals surface area contributed by atoms with Crippen molar-refractivity contribution in [2.24, 2.45) is 23.2 Å². The summed E-state index contributed by atoms with van der Waals surface area (Å²) in [5.74, 6) is 2.87. The highest BCUT2D eigenvalue weighted by Crippen LogP contribution is 2.60. The molecule has 4 rings (SSSR count). The Labute approximate surface area is 141 Å². The lowest BCUT2D eigenvalue weighted by atomic mass is 9.49. The second-order valence-corrected chi connectivity index (χ2v) is 8.78. The van der Waals surface area contributed by atoms with Gasteiger partial charge >= 0.3 is 0 Å². The smallest absolute Gasteiger partial charge is 0.226 e. The van der Waals surface area contributed by atoms with Crippen LogP contribution in [0.25, 0.3) is 0 Å². The highest BCUT2D eigenvalue weighted by Gasteiger charge is 2.54. The first-order valence-corrected chi connectivity index (χ1v) is 9.54. The van der Waals surface area contributed by atoms with Gasteiger partial charge in [0.25, 0.3) is 0 Å². The van der Waals surface area contributed by atoms with Gasteiger partial charge in [-0.3, -0.25) is 4.79 Å². The van der Waals surface area contributed by atoms with E-state index in [1.807, 2.05) is 0 Å². The predicted octanol–water partition coefficient (Wildman–Crippen LogP) is 5.01. The Balaban J connectivity index is 1.49.